The zero-order valence-corrected chi connectivity index (χ0v) is 9.07. The van der Waals surface area contributed by atoms with E-state index in [0.29, 0.717) is 5.19 Å². The number of hydrogen-bond acceptors (Lipinski definition) is 4. The lowest BCUT2D eigenvalue weighted by molar-refractivity contribution is 0.224. The van der Waals surface area contributed by atoms with Gasteiger partial charge in [0, 0.05) is 6.20 Å². The van der Waals surface area contributed by atoms with Gasteiger partial charge in [0.2, 0.25) is 0 Å². The van der Waals surface area contributed by atoms with Crippen LogP contribution in [-0.4, -0.2) is 17.2 Å². The van der Waals surface area contributed by atoms with E-state index in [0.717, 1.165) is 10.4 Å². The lowest BCUT2D eigenvalue weighted by Gasteiger charge is -2.06. The van der Waals surface area contributed by atoms with Crippen LogP contribution in [0.3, 0.4) is 0 Å². The van der Waals surface area contributed by atoms with Gasteiger partial charge >= 0.3 is 0 Å². The second-order valence-electron chi connectivity index (χ2n) is 3.05. The fourth-order valence-corrected chi connectivity index (χ4v) is 2.03. The molecule has 0 aliphatic rings. The zero-order chi connectivity index (χ0) is 10.7. The van der Waals surface area contributed by atoms with Crippen molar-refractivity contribution in [2.45, 2.75) is 6.10 Å². The third-order valence-corrected chi connectivity index (χ3v) is 3.07. The molecule has 3 nitrogen and oxygen atoms in total. The summed E-state index contributed by atoms with van der Waals surface area (Å²) in [6, 6.07) is 9.49. The molecule has 1 unspecified atom stereocenters. The largest absolute Gasteiger partial charge is 0.473 e. The molecule has 78 valence electrons. The number of thiazole rings is 1. The molecule has 2 aromatic rings. The van der Waals surface area contributed by atoms with Gasteiger partial charge in [0.15, 0.2) is 0 Å². The molecule has 0 amide bonds. The van der Waals surface area contributed by atoms with Crippen molar-refractivity contribution >= 4 is 11.3 Å². The summed E-state index contributed by atoms with van der Waals surface area (Å²) in [4.78, 5) is 4.81. The van der Waals surface area contributed by atoms with Gasteiger partial charge < -0.3 is 9.84 Å². The minimum absolute atomic E-state index is 0.569. The number of aliphatic hydroxyl groups excluding tert-OH is 1. The van der Waals surface area contributed by atoms with Crippen molar-refractivity contribution in [2.24, 2.45) is 0 Å². The fourth-order valence-electron chi connectivity index (χ4n) is 1.29. The maximum Gasteiger partial charge on any atom is 0.273 e. The average molecular weight is 221 g/mol. The van der Waals surface area contributed by atoms with Crippen LogP contribution in [0.1, 0.15) is 16.5 Å². The first-order chi connectivity index (χ1) is 7.31. The van der Waals surface area contributed by atoms with Gasteiger partial charge in [-0.1, -0.05) is 41.7 Å². The van der Waals surface area contributed by atoms with Gasteiger partial charge in [0.1, 0.15) is 6.10 Å². The van der Waals surface area contributed by atoms with Gasteiger partial charge in [-0.3, -0.25) is 0 Å². The summed E-state index contributed by atoms with van der Waals surface area (Å²) in [5, 5.41) is 10.6. The Kier molecular flexibility index (Phi) is 2.99. The lowest BCUT2D eigenvalue weighted by atomic mass is 10.1. The number of nitrogens with zero attached hydrogens (tertiary/aromatic N) is 1. The predicted molar refractivity (Wildman–Crippen MR) is 59.2 cm³/mol. The second-order valence-corrected chi connectivity index (χ2v) is 4.07. The molecule has 0 spiro atoms. The molecule has 2 rings (SSSR count). The Labute approximate surface area is 92.0 Å². The van der Waals surface area contributed by atoms with E-state index < -0.39 is 6.10 Å². The molecule has 0 saturated carbocycles. The van der Waals surface area contributed by atoms with Gasteiger partial charge in [0.05, 0.1) is 12.0 Å². The Morgan fingerprint density at radius 2 is 2.07 bits per heavy atom. The van der Waals surface area contributed by atoms with Gasteiger partial charge in [-0.15, -0.1) is 0 Å². The first kappa shape index (κ1) is 10.1. The van der Waals surface area contributed by atoms with Gasteiger partial charge in [-0.05, 0) is 5.56 Å². The highest BCUT2D eigenvalue weighted by molar-refractivity contribution is 7.13. The quantitative estimate of drug-likeness (QED) is 0.864. The standard InChI is InChI=1S/C11H11NO2S/c1-14-11-12-7-9(15-11)10(13)8-5-3-2-4-6-8/h2-7,10,13H,1H3. The molecule has 0 aliphatic heterocycles. The maximum absolute atomic E-state index is 10.0. The minimum atomic E-state index is -0.618. The van der Waals surface area contributed by atoms with Gasteiger partial charge in [-0.2, -0.15) is 0 Å². The smallest absolute Gasteiger partial charge is 0.273 e. The number of rotatable bonds is 3. The van der Waals surface area contributed by atoms with Gasteiger partial charge in [0.25, 0.3) is 5.19 Å². The Morgan fingerprint density at radius 3 is 2.67 bits per heavy atom. The van der Waals surface area contributed by atoms with E-state index in [1.54, 1.807) is 13.3 Å². The predicted octanol–water partition coefficient (Wildman–Crippen LogP) is 2.23. The summed E-state index contributed by atoms with van der Waals surface area (Å²) in [6.45, 7) is 0. The molecule has 0 radical (unpaired) electrons. The molecule has 0 fully saturated rings. The number of aliphatic hydroxyl groups is 1. The van der Waals surface area contributed by atoms with Crippen molar-refractivity contribution in [3.05, 3.63) is 47.0 Å². The molecule has 1 atom stereocenters. The molecule has 1 aromatic heterocycles. The Hall–Kier alpha value is -1.39. The second kappa shape index (κ2) is 4.42. The van der Waals surface area contributed by atoms with Crippen LogP contribution in [0.25, 0.3) is 0 Å². The van der Waals surface area contributed by atoms with Crippen LogP contribution in [0.5, 0.6) is 5.19 Å². The normalized spacial score (nSPS) is 12.4. The first-order valence-corrected chi connectivity index (χ1v) is 5.35. The topological polar surface area (TPSA) is 42.4 Å². The molecular weight excluding hydrogens is 210 g/mol. The molecule has 1 N–H and O–H groups in total. The number of methoxy groups -OCH3 is 1. The third kappa shape index (κ3) is 2.16. The van der Waals surface area contributed by atoms with E-state index >= 15 is 0 Å². The summed E-state index contributed by atoms with van der Waals surface area (Å²) in [5.74, 6) is 0. The van der Waals surface area contributed by atoms with Crippen molar-refractivity contribution in [1.82, 2.24) is 4.98 Å². The van der Waals surface area contributed by atoms with Crippen LogP contribution in [0, 0.1) is 0 Å². The van der Waals surface area contributed by atoms with E-state index in [4.69, 9.17) is 4.74 Å². The van der Waals surface area contributed by atoms with Crippen molar-refractivity contribution in [3.63, 3.8) is 0 Å². The van der Waals surface area contributed by atoms with E-state index in [1.807, 2.05) is 30.3 Å². The Balaban J connectivity index is 2.24. The molecular formula is C11H11NO2S. The summed E-state index contributed by atoms with van der Waals surface area (Å²) < 4.78 is 4.98. The molecule has 15 heavy (non-hydrogen) atoms. The third-order valence-electron chi connectivity index (χ3n) is 2.06. The Bertz CT molecular complexity index is 427. The molecule has 4 heteroatoms. The maximum atomic E-state index is 10.0. The summed E-state index contributed by atoms with van der Waals surface area (Å²) in [5.41, 5.74) is 0.865. The summed E-state index contributed by atoms with van der Waals surface area (Å²) in [7, 11) is 1.57. The van der Waals surface area contributed by atoms with E-state index in [9.17, 15) is 5.11 Å². The minimum Gasteiger partial charge on any atom is -0.473 e. The number of benzene rings is 1. The van der Waals surface area contributed by atoms with Crippen LogP contribution >= 0.6 is 11.3 Å². The van der Waals surface area contributed by atoms with E-state index in [-0.39, 0.29) is 0 Å². The highest BCUT2D eigenvalue weighted by Crippen LogP contribution is 2.29. The van der Waals surface area contributed by atoms with Crippen LogP contribution < -0.4 is 4.74 Å². The Morgan fingerprint density at radius 1 is 1.33 bits per heavy atom. The first-order valence-electron chi connectivity index (χ1n) is 4.54. The summed E-state index contributed by atoms with van der Waals surface area (Å²) >= 11 is 1.35. The molecule has 1 aromatic carbocycles. The lowest BCUT2D eigenvalue weighted by Crippen LogP contribution is -1.95. The van der Waals surface area contributed by atoms with Crippen LogP contribution in [0.4, 0.5) is 0 Å². The zero-order valence-electron chi connectivity index (χ0n) is 8.25. The van der Waals surface area contributed by atoms with Crippen LogP contribution in [-0.2, 0) is 0 Å². The summed E-state index contributed by atoms with van der Waals surface area (Å²) in [6.07, 6.45) is 1.02. The number of hydrogen-bond donors (Lipinski definition) is 1. The van der Waals surface area contributed by atoms with Crippen molar-refractivity contribution in [1.29, 1.82) is 0 Å². The highest BCUT2D eigenvalue weighted by Gasteiger charge is 2.13. The average Bonchev–Trinajstić information content (AvgIpc) is 2.78. The van der Waals surface area contributed by atoms with Crippen molar-refractivity contribution in [3.8, 4) is 5.19 Å². The fraction of sp³-hybridized carbons (Fsp3) is 0.182. The molecule has 0 aliphatic carbocycles. The molecule has 1 heterocycles. The SMILES string of the molecule is COc1ncc(C(O)c2ccccc2)s1. The van der Waals surface area contributed by atoms with Crippen LogP contribution in [0.2, 0.25) is 0 Å². The number of ether oxygens (including phenoxy) is 1. The van der Waals surface area contributed by atoms with Crippen molar-refractivity contribution in [2.75, 3.05) is 7.11 Å². The van der Waals surface area contributed by atoms with Crippen LogP contribution in [0.15, 0.2) is 36.5 Å². The van der Waals surface area contributed by atoms with E-state index in [2.05, 4.69) is 4.98 Å². The molecule has 0 bridgehead atoms. The molecule has 0 saturated heterocycles. The number of aromatic nitrogens is 1. The van der Waals surface area contributed by atoms with E-state index in [1.165, 1.54) is 11.3 Å². The van der Waals surface area contributed by atoms with Gasteiger partial charge in [-0.25, -0.2) is 4.98 Å². The van der Waals surface area contributed by atoms with Crippen molar-refractivity contribution < 1.29 is 9.84 Å². The monoisotopic (exact) mass is 221 g/mol. The highest BCUT2D eigenvalue weighted by atomic mass is 32.1.